The van der Waals surface area contributed by atoms with Crippen LogP contribution in [0.25, 0.3) is 10.9 Å². The maximum absolute atomic E-state index is 13.0. The lowest BCUT2D eigenvalue weighted by Gasteiger charge is -2.21. The molecule has 0 fully saturated rings. The third kappa shape index (κ3) is 5.49. The van der Waals surface area contributed by atoms with Crippen LogP contribution in [0.4, 0.5) is 0 Å². The molecule has 1 aromatic heterocycles. The second-order valence-corrected chi connectivity index (χ2v) is 9.20. The lowest BCUT2D eigenvalue weighted by molar-refractivity contribution is -0.154. The minimum absolute atomic E-state index is 0.215. The van der Waals surface area contributed by atoms with Gasteiger partial charge in [0.05, 0.1) is 31.3 Å². The zero-order chi connectivity index (χ0) is 21.8. The van der Waals surface area contributed by atoms with Gasteiger partial charge in [-0.1, -0.05) is 0 Å². The van der Waals surface area contributed by atoms with Crippen molar-refractivity contribution in [3.63, 3.8) is 0 Å². The SMILES string of the molecule is CCOC(=O)C(C)(C)COS(=O)(=O)n1cc(CCN(C)C)c2ccc(OC)cc21. The molecule has 0 saturated carbocycles. The van der Waals surface area contributed by atoms with Gasteiger partial charge in [0.15, 0.2) is 0 Å². The van der Waals surface area contributed by atoms with Crippen LogP contribution in [-0.4, -0.2) is 64.2 Å². The summed E-state index contributed by atoms with van der Waals surface area (Å²) in [5, 5.41) is 0.810. The van der Waals surface area contributed by atoms with E-state index < -0.39 is 21.7 Å². The van der Waals surface area contributed by atoms with Gasteiger partial charge < -0.3 is 14.4 Å². The van der Waals surface area contributed by atoms with E-state index in [0.717, 1.165) is 21.5 Å². The Kier molecular flexibility index (Phi) is 7.31. The maximum atomic E-state index is 13.0. The highest BCUT2D eigenvalue weighted by Crippen LogP contribution is 2.29. The van der Waals surface area contributed by atoms with Gasteiger partial charge in [-0.2, -0.15) is 8.42 Å². The number of nitrogens with zero attached hydrogens (tertiary/aromatic N) is 2. The van der Waals surface area contributed by atoms with E-state index in [2.05, 4.69) is 0 Å². The number of benzene rings is 1. The number of methoxy groups -OCH3 is 1. The van der Waals surface area contributed by atoms with Gasteiger partial charge in [0.25, 0.3) is 0 Å². The summed E-state index contributed by atoms with van der Waals surface area (Å²) in [5.74, 6) is 0.0268. The largest absolute Gasteiger partial charge is 0.497 e. The van der Waals surface area contributed by atoms with E-state index in [-0.39, 0.29) is 13.2 Å². The second-order valence-electron chi connectivity index (χ2n) is 7.71. The molecular formula is C20H30N2O6S. The first kappa shape index (κ1) is 23.2. The summed E-state index contributed by atoms with van der Waals surface area (Å²) in [6.45, 7) is 5.51. The Morgan fingerprint density at radius 3 is 2.52 bits per heavy atom. The maximum Gasteiger partial charge on any atom is 0.366 e. The first-order valence-corrected chi connectivity index (χ1v) is 10.8. The van der Waals surface area contributed by atoms with Crippen molar-refractivity contribution in [2.45, 2.75) is 27.2 Å². The highest BCUT2D eigenvalue weighted by molar-refractivity contribution is 7.85. The Morgan fingerprint density at radius 2 is 1.93 bits per heavy atom. The van der Waals surface area contributed by atoms with Gasteiger partial charge in [0, 0.05) is 24.2 Å². The van der Waals surface area contributed by atoms with Crippen LogP contribution in [-0.2, 0) is 30.4 Å². The minimum Gasteiger partial charge on any atom is -0.497 e. The van der Waals surface area contributed by atoms with Crippen LogP contribution < -0.4 is 4.74 Å². The first-order valence-electron chi connectivity index (χ1n) is 9.41. The molecule has 0 aliphatic carbocycles. The number of carbonyl (C=O) groups excluding carboxylic acids is 1. The number of aromatic nitrogens is 1. The Balaban J connectivity index is 2.40. The molecule has 1 heterocycles. The van der Waals surface area contributed by atoms with Crippen LogP contribution in [0.15, 0.2) is 24.4 Å². The van der Waals surface area contributed by atoms with E-state index in [1.165, 1.54) is 7.11 Å². The molecule has 0 unspecified atom stereocenters. The predicted octanol–water partition coefficient (Wildman–Crippen LogP) is 2.45. The number of hydrogen-bond donors (Lipinski definition) is 0. The Bertz CT molecular complexity index is 963. The van der Waals surface area contributed by atoms with E-state index in [0.29, 0.717) is 17.7 Å². The van der Waals surface area contributed by atoms with Crippen molar-refractivity contribution in [3.05, 3.63) is 30.0 Å². The van der Waals surface area contributed by atoms with Crippen LogP contribution in [0.2, 0.25) is 0 Å². The summed E-state index contributed by atoms with van der Waals surface area (Å²) in [7, 11) is 1.27. The molecule has 1 aromatic carbocycles. The lowest BCUT2D eigenvalue weighted by atomic mass is 9.95. The van der Waals surface area contributed by atoms with Crippen LogP contribution in [0.3, 0.4) is 0 Å². The van der Waals surface area contributed by atoms with Crippen molar-refractivity contribution in [1.29, 1.82) is 0 Å². The summed E-state index contributed by atoms with van der Waals surface area (Å²) in [4.78, 5) is 14.1. The molecule has 2 rings (SSSR count). The Morgan fingerprint density at radius 1 is 1.24 bits per heavy atom. The fourth-order valence-electron chi connectivity index (χ4n) is 2.77. The molecule has 2 aromatic rings. The molecule has 0 spiro atoms. The third-order valence-corrected chi connectivity index (χ3v) is 5.73. The van der Waals surface area contributed by atoms with Crippen LogP contribution in [0, 0.1) is 5.41 Å². The summed E-state index contributed by atoms with van der Waals surface area (Å²) < 4.78 is 42.5. The standard InChI is InChI=1S/C20H30N2O6S/c1-7-27-19(23)20(2,3)14-28-29(24,25)22-13-15(10-11-21(4)5)17-9-8-16(26-6)12-18(17)22/h8-9,12-13H,7,10-11,14H2,1-6H3. The van der Waals surface area contributed by atoms with Gasteiger partial charge in [-0.3, -0.25) is 8.98 Å². The Hall–Kier alpha value is -2.10. The average molecular weight is 427 g/mol. The second kappa shape index (κ2) is 9.15. The van der Waals surface area contributed by atoms with Gasteiger partial charge in [0.1, 0.15) is 5.75 Å². The molecule has 8 nitrogen and oxygen atoms in total. The number of likely N-dealkylation sites (N-methyl/N-ethyl adjacent to an activating group) is 1. The highest BCUT2D eigenvalue weighted by Gasteiger charge is 2.33. The van der Waals surface area contributed by atoms with Crippen molar-refractivity contribution in [3.8, 4) is 5.75 Å². The Labute approximate surface area is 172 Å². The molecule has 0 amide bonds. The van der Waals surface area contributed by atoms with Gasteiger partial charge in [-0.05, 0) is 59.0 Å². The molecule has 0 atom stereocenters. The van der Waals surface area contributed by atoms with Crippen molar-refractivity contribution < 1.29 is 26.9 Å². The quantitative estimate of drug-likeness (QED) is 0.539. The summed E-state index contributed by atoms with van der Waals surface area (Å²) >= 11 is 0. The van der Waals surface area contributed by atoms with Crippen molar-refractivity contribution in [2.75, 3.05) is 41.0 Å². The molecule has 9 heteroatoms. The predicted molar refractivity (Wildman–Crippen MR) is 111 cm³/mol. The van der Waals surface area contributed by atoms with Crippen LogP contribution in [0.5, 0.6) is 5.75 Å². The van der Waals surface area contributed by atoms with E-state index in [9.17, 15) is 13.2 Å². The van der Waals surface area contributed by atoms with Gasteiger partial charge in [-0.15, -0.1) is 0 Å². The van der Waals surface area contributed by atoms with Crippen LogP contribution >= 0.6 is 0 Å². The topological polar surface area (TPSA) is 87.1 Å². The van der Waals surface area contributed by atoms with Gasteiger partial charge >= 0.3 is 16.3 Å². The monoisotopic (exact) mass is 426 g/mol. The number of rotatable bonds is 10. The van der Waals surface area contributed by atoms with E-state index >= 15 is 0 Å². The summed E-state index contributed by atoms with van der Waals surface area (Å²) in [6, 6.07) is 5.29. The summed E-state index contributed by atoms with van der Waals surface area (Å²) in [5.41, 5.74) is 0.248. The third-order valence-electron chi connectivity index (χ3n) is 4.53. The van der Waals surface area contributed by atoms with E-state index in [4.69, 9.17) is 13.7 Å². The number of fused-ring (bicyclic) bond motifs is 1. The van der Waals surface area contributed by atoms with E-state index in [1.807, 2.05) is 25.1 Å². The zero-order valence-electron chi connectivity index (χ0n) is 17.9. The molecule has 0 saturated heterocycles. The normalized spacial score (nSPS) is 12.5. The molecule has 0 N–H and O–H groups in total. The minimum atomic E-state index is -4.17. The van der Waals surface area contributed by atoms with Crippen molar-refractivity contribution >= 4 is 27.2 Å². The molecule has 0 aliphatic rings. The highest BCUT2D eigenvalue weighted by atomic mass is 32.2. The fourth-order valence-corrected chi connectivity index (χ4v) is 3.97. The number of hydrogen-bond acceptors (Lipinski definition) is 7. The smallest absolute Gasteiger partial charge is 0.366 e. The number of esters is 1. The van der Waals surface area contributed by atoms with Crippen LogP contribution in [0.1, 0.15) is 26.3 Å². The molecule has 162 valence electrons. The summed E-state index contributed by atoms with van der Waals surface area (Å²) in [6.07, 6.45) is 2.24. The number of carbonyl (C=O) groups is 1. The average Bonchev–Trinajstić information content (AvgIpc) is 3.03. The molecular weight excluding hydrogens is 396 g/mol. The molecule has 29 heavy (non-hydrogen) atoms. The molecule has 0 bridgehead atoms. The first-order chi connectivity index (χ1) is 13.5. The van der Waals surface area contributed by atoms with E-state index in [1.54, 1.807) is 39.1 Å². The van der Waals surface area contributed by atoms with Gasteiger partial charge in [-0.25, -0.2) is 3.97 Å². The fraction of sp³-hybridized carbons (Fsp3) is 0.550. The zero-order valence-corrected chi connectivity index (χ0v) is 18.7. The molecule has 0 radical (unpaired) electrons. The number of ether oxygens (including phenoxy) is 2. The molecule has 0 aliphatic heterocycles. The van der Waals surface area contributed by atoms with Crippen molar-refractivity contribution in [2.24, 2.45) is 5.41 Å². The lowest BCUT2D eigenvalue weighted by Crippen LogP contribution is -2.33. The van der Waals surface area contributed by atoms with Crippen molar-refractivity contribution in [1.82, 2.24) is 8.87 Å². The van der Waals surface area contributed by atoms with Gasteiger partial charge in [0.2, 0.25) is 0 Å².